The fraction of sp³-hybridized carbons (Fsp3) is 0.321. The number of fused-ring (bicyclic) bond motifs is 1. The number of carbonyl (C=O) groups excluding carboxylic acids is 1. The van der Waals surface area contributed by atoms with Crippen molar-refractivity contribution in [3.63, 3.8) is 0 Å². The molecule has 4 aromatic rings. The molecule has 1 aromatic carbocycles. The van der Waals surface area contributed by atoms with E-state index in [4.69, 9.17) is 0 Å². The van der Waals surface area contributed by atoms with E-state index in [0.29, 0.717) is 17.4 Å². The van der Waals surface area contributed by atoms with Crippen molar-refractivity contribution >= 4 is 22.6 Å². The molecule has 5 rings (SSSR count). The molecule has 3 aromatic heterocycles. The summed E-state index contributed by atoms with van der Waals surface area (Å²) in [5, 5.41) is 7.08. The van der Waals surface area contributed by atoms with Crippen molar-refractivity contribution in [2.75, 3.05) is 18.9 Å². The highest BCUT2D eigenvalue weighted by atomic mass is 16.1. The Kier molecular flexibility index (Phi) is 6.40. The van der Waals surface area contributed by atoms with Crippen molar-refractivity contribution in [2.45, 2.75) is 38.5 Å². The first-order chi connectivity index (χ1) is 17.0. The minimum atomic E-state index is -0.102. The lowest BCUT2D eigenvalue weighted by Gasteiger charge is -2.22. The summed E-state index contributed by atoms with van der Waals surface area (Å²) in [4.78, 5) is 30.4. The second-order valence-corrected chi connectivity index (χ2v) is 9.36. The van der Waals surface area contributed by atoms with E-state index in [2.05, 4.69) is 56.5 Å². The molecule has 7 heteroatoms. The Bertz CT molecular complexity index is 1370. The van der Waals surface area contributed by atoms with E-state index in [1.165, 1.54) is 12.8 Å². The number of nitrogens with one attached hydrogen (secondary N) is 2. The van der Waals surface area contributed by atoms with E-state index >= 15 is 0 Å². The summed E-state index contributed by atoms with van der Waals surface area (Å²) in [6.45, 7) is 5.16. The van der Waals surface area contributed by atoms with Gasteiger partial charge in [0.15, 0.2) is 0 Å². The van der Waals surface area contributed by atoms with Crippen LogP contribution in [0, 0.1) is 5.92 Å². The quantitative estimate of drug-likeness (QED) is 0.372. The Labute approximate surface area is 205 Å². The van der Waals surface area contributed by atoms with E-state index in [1.807, 2.05) is 30.5 Å². The van der Waals surface area contributed by atoms with Gasteiger partial charge >= 0.3 is 0 Å². The van der Waals surface area contributed by atoms with Crippen LogP contribution in [0.25, 0.3) is 22.2 Å². The van der Waals surface area contributed by atoms with Crippen LogP contribution in [0.4, 0.5) is 5.82 Å². The summed E-state index contributed by atoms with van der Waals surface area (Å²) in [6.07, 6.45) is 7.64. The molecule has 2 N–H and O–H groups in total. The second-order valence-electron chi connectivity index (χ2n) is 9.36. The van der Waals surface area contributed by atoms with Gasteiger partial charge in [0.05, 0.1) is 16.8 Å². The zero-order chi connectivity index (χ0) is 24.4. The molecular weight excluding hydrogens is 436 g/mol. The van der Waals surface area contributed by atoms with Crippen LogP contribution < -0.4 is 10.6 Å². The standard InChI is InChI=1S/C28H30N6O/c1-17(18(2)21-5-4-6-22-23(28(35)29-3)10-12-31-27(21)22)15-32-26-14-25(33-16-34-26)20-9-11-30-24(13-20)19-7-8-19/h4-6,9-14,16-19H,7-8,15H2,1-3H3,(H,29,35)(H,32,33,34)/t17-,18?/m1/s1. The average Bonchev–Trinajstić information content (AvgIpc) is 3.76. The maximum Gasteiger partial charge on any atom is 0.251 e. The number of hydrogen-bond donors (Lipinski definition) is 2. The summed E-state index contributed by atoms with van der Waals surface area (Å²) in [7, 11) is 1.65. The second kappa shape index (κ2) is 9.78. The molecule has 1 saturated carbocycles. The molecule has 0 aliphatic heterocycles. The molecule has 178 valence electrons. The molecule has 2 atom stereocenters. The Morgan fingerprint density at radius 3 is 2.66 bits per heavy atom. The van der Waals surface area contributed by atoms with Gasteiger partial charge in [0.25, 0.3) is 5.91 Å². The van der Waals surface area contributed by atoms with Crippen LogP contribution in [0.1, 0.15) is 60.1 Å². The minimum absolute atomic E-state index is 0.102. The lowest BCUT2D eigenvalue weighted by molar-refractivity contribution is 0.0964. The predicted molar refractivity (Wildman–Crippen MR) is 138 cm³/mol. The zero-order valence-corrected chi connectivity index (χ0v) is 20.3. The van der Waals surface area contributed by atoms with Gasteiger partial charge in [-0.25, -0.2) is 9.97 Å². The number of aromatic nitrogens is 4. The largest absolute Gasteiger partial charge is 0.370 e. The maximum atomic E-state index is 12.3. The lowest BCUT2D eigenvalue weighted by atomic mass is 9.87. The molecule has 35 heavy (non-hydrogen) atoms. The normalized spacial score (nSPS) is 14.9. The average molecular weight is 467 g/mol. The molecule has 1 aliphatic carbocycles. The summed E-state index contributed by atoms with van der Waals surface area (Å²) in [5.74, 6) is 1.83. The molecule has 1 unspecified atom stereocenters. The van der Waals surface area contributed by atoms with Crippen molar-refractivity contribution in [1.82, 2.24) is 25.3 Å². The topological polar surface area (TPSA) is 92.7 Å². The first-order valence-corrected chi connectivity index (χ1v) is 12.2. The Morgan fingerprint density at radius 1 is 1.03 bits per heavy atom. The third-order valence-corrected chi connectivity index (χ3v) is 6.96. The highest BCUT2D eigenvalue weighted by Crippen LogP contribution is 2.39. The SMILES string of the molecule is CNC(=O)c1ccnc2c(C(C)[C@H](C)CNc3cc(-c4ccnc(C5CC5)c4)ncn3)cccc12. The van der Waals surface area contributed by atoms with Gasteiger partial charge in [0.2, 0.25) is 0 Å². The number of benzene rings is 1. The fourth-order valence-corrected chi connectivity index (χ4v) is 4.47. The predicted octanol–water partition coefficient (Wildman–Crippen LogP) is 5.18. The van der Waals surface area contributed by atoms with Gasteiger partial charge in [-0.15, -0.1) is 0 Å². The molecule has 1 amide bonds. The molecule has 0 bridgehead atoms. The number of rotatable bonds is 8. The van der Waals surface area contributed by atoms with Crippen molar-refractivity contribution in [1.29, 1.82) is 0 Å². The summed E-state index contributed by atoms with van der Waals surface area (Å²) in [5.41, 5.74) is 5.78. The highest BCUT2D eigenvalue weighted by molar-refractivity contribution is 6.06. The first kappa shape index (κ1) is 22.9. The number of carbonyl (C=O) groups is 1. The molecule has 7 nitrogen and oxygen atoms in total. The Hall–Kier alpha value is -3.87. The monoisotopic (exact) mass is 466 g/mol. The molecule has 1 aliphatic rings. The molecule has 0 spiro atoms. The molecule has 1 fully saturated rings. The van der Waals surface area contributed by atoms with E-state index in [-0.39, 0.29) is 11.8 Å². The van der Waals surface area contributed by atoms with Crippen molar-refractivity contribution in [3.05, 3.63) is 78.0 Å². The molecule has 0 saturated heterocycles. The van der Waals surface area contributed by atoms with Gasteiger partial charge in [-0.3, -0.25) is 14.8 Å². The van der Waals surface area contributed by atoms with Gasteiger partial charge in [-0.2, -0.15) is 0 Å². The summed E-state index contributed by atoms with van der Waals surface area (Å²) in [6, 6.07) is 14.0. The number of pyridine rings is 2. The molecular formula is C28H30N6O. The van der Waals surface area contributed by atoms with Crippen LogP contribution in [-0.2, 0) is 0 Å². The Balaban J connectivity index is 1.32. The van der Waals surface area contributed by atoms with Crippen molar-refractivity contribution in [2.24, 2.45) is 5.92 Å². The Morgan fingerprint density at radius 2 is 1.86 bits per heavy atom. The first-order valence-electron chi connectivity index (χ1n) is 12.2. The smallest absolute Gasteiger partial charge is 0.251 e. The number of anilines is 1. The number of para-hydroxylation sites is 1. The van der Waals surface area contributed by atoms with E-state index in [1.54, 1.807) is 25.6 Å². The number of amides is 1. The highest BCUT2D eigenvalue weighted by Gasteiger charge is 2.25. The van der Waals surface area contributed by atoms with Crippen LogP contribution in [-0.4, -0.2) is 39.4 Å². The van der Waals surface area contributed by atoms with E-state index in [9.17, 15) is 4.79 Å². The van der Waals surface area contributed by atoms with Crippen LogP contribution in [0.2, 0.25) is 0 Å². The van der Waals surface area contributed by atoms with Crippen LogP contribution in [0.5, 0.6) is 0 Å². The fourth-order valence-electron chi connectivity index (χ4n) is 4.47. The van der Waals surface area contributed by atoms with Crippen LogP contribution in [0.15, 0.2) is 61.2 Å². The minimum Gasteiger partial charge on any atom is -0.370 e. The number of hydrogen-bond acceptors (Lipinski definition) is 6. The van der Waals surface area contributed by atoms with Crippen molar-refractivity contribution < 1.29 is 4.79 Å². The van der Waals surface area contributed by atoms with E-state index in [0.717, 1.165) is 45.8 Å². The third-order valence-electron chi connectivity index (χ3n) is 6.96. The number of nitrogens with zero attached hydrogens (tertiary/aromatic N) is 4. The summed E-state index contributed by atoms with van der Waals surface area (Å²) >= 11 is 0. The van der Waals surface area contributed by atoms with Crippen molar-refractivity contribution in [3.8, 4) is 11.3 Å². The zero-order valence-electron chi connectivity index (χ0n) is 20.3. The lowest BCUT2D eigenvalue weighted by Crippen LogP contribution is -2.19. The van der Waals surface area contributed by atoms with Crippen LogP contribution >= 0.6 is 0 Å². The van der Waals surface area contributed by atoms with Gasteiger partial charge in [0.1, 0.15) is 12.1 Å². The van der Waals surface area contributed by atoms with Gasteiger partial charge in [-0.05, 0) is 48.4 Å². The molecule has 0 radical (unpaired) electrons. The maximum absolute atomic E-state index is 12.3. The van der Waals surface area contributed by atoms with Gasteiger partial charge < -0.3 is 10.6 Å². The van der Waals surface area contributed by atoms with Gasteiger partial charge in [-0.1, -0.05) is 32.0 Å². The molecule has 3 heterocycles. The van der Waals surface area contributed by atoms with E-state index < -0.39 is 0 Å². The third kappa shape index (κ3) is 4.85. The van der Waals surface area contributed by atoms with Gasteiger partial charge in [0, 0.05) is 54.6 Å². The summed E-state index contributed by atoms with van der Waals surface area (Å²) < 4.78 is 0. The van der Waals surface area contributed by atoms with Crippen LogP contribution in [0.3, 0.4) is 0 Å².